The number of aliphatic carboxylic acids is 1. The molecule has 1 atom stereocenters. The van der Waals surface area contributed by atoms with E-state index in [0.717, 1.165) is 0 Å². The van der Waals surface area contributed by atoms with Crippen LogP contribution < -0.4 is 5.73 Å². The highest BCUT2D eigenvalue weighted by Crippen LogP contribution is 2.10. The van der Waals surface area contributed by atoms with E-state index in [1.807, 2.05) is 0 Å². The van der Waals surface area contributed by atoms with Gasteiger partial charge in [0.15, 0.2) is 0 Å². The van der Waals surface area contributed by atoms with Crippen molar-refractivity contribution in [2.75, 3.05) is 0 Å². The minimum absolute atomic E-state index is 0.0868. The Morgan fingerprint density at radius 1 is 1.45 bits per heavy atom. The Balaban J connectivity index is 3.99. The van der Waals surface area contributed by atoms with Gasteiger partial charge in [-0.1, -0.05) is 0 Å². The molecule has 0 aromatic rings. The molecule has 0 aliphatic rings. The van der Waals surface area contributed by atoms with Crippen molar-refractivity contribution in [1.29, 1.82) is 0 Å². The topological polar surface area (TPSA) is 80.4 Å². The summed E-state index contributed by atoms with van der Waals surface area (Å²) in [6.07, 6.45) is -0.0636. The molecule has 0 heterocycles. The fourth-order valence-electron chi connectivity index (χ4n) is 0.977. The van der Waals surface area contributed by atoms with Gasteiger partial charge in [-0.2, -0.15) is 0 Å². The van der Waals surface area contributed by atoms with Gasteiger partial charge in [-0.05, 0) is 13.8 Å². The number of nitrogens with two attached hydrogens (primary N) is 1. The van der Waals surface area contributed by atoms with Crippen molar-refractivity contribution in [3.8, 4) is 0 Å². The molecule has 0 aliphatic carbocycles. The lowest BCUT2D eigenvalue weighted by Crippen LogP contribution is -2.40. The van der Waals surface area contributed by atoms with Crippen molar-refractivity contribution in [3.05, 3.63) is 0 Å². The molecular weight excluding hydrogens is 146 g/mol. The molecule has 0 saturated heterocycles. The third kappa shape index (κ3) is 5.54. The third-order valence-corrected chi connectivity index (χ3v) is 1.21. The van der Waals surface area contributed by atoms with Crippen LogP contribution in [0.4, 0.5) is 0 Å². The molecule has 64 valence electrons. The molecule has 0 rings (SSSR count). The van der Waals surface area contributed by atoms with Gasteiger partial charge >= 0.3 is 5.97 Å². The molecule has 3 N–H and O–H groups in total. The lowest BCUT2D eigenvalue weighted by molar-refractivity contribution is -0.138. The number of hydrogen-bond donors (Lipinski definition) is 2. The molecule has 4 heteroatoms. The van der Waals surface area contributed by atoms with Gasteiger partial charge in [0, 0.05) is 12.0 Å². The van der Waals surface area contributed by atoms with Gasteiger partial charge in [-0.15, -0.1) is 0 Å². The zero-order valence-corrected chi connectivity index (χ0v) is 6.76. The predicted molar refractivity (Wildman–Crippen MR) is 40.1 cm³/mol. The van der Waals surface area contributed by atoms with Gasteiger partial charge in [-0.3, -0.25) is 9.59 Å². The number of rotatable bonds is 4. The monoisotopic (exact) mass is 159 g/mol. The number of carbonyl (C=O) groups is 2. The summed E-state index contributed by atoms with van der Waals surface area (Å²) in [5.74, 6) is -1.06. The Morgan fingerprint density at radius 2 is 1.91 bits per heavy atom. The van der Waals surface area contributed by atoms with Gasteiger partial charge in [0.1, 0.15) is 5.78 Å². The van der Waals surface area contributed by atoms with E-state index in [1.54, 1.807) is 6.92 Å². The van der Waals surface area contributed by atoms with E-state index in [2.05, 4.69) is 0 Å². The molecule has 11 heavy (non-hydrogen) atoms. The minimum atomic E-state index is -0.976. The Bertz CT molecular complexity index is 157. The first-order valence-corrected chi connectivity index (χ1v) is 3.33. The maximum Gasteiger partial charge on any atom is 0.305 e. The second kappa shape index (κ2) is 3.48. The first-order valence-electron chi connectivity index (χ1n) is 3.33. The highest BCUT2D eigenvalue weighted by molar-refractivity contribution is 5.78. The van der Waals surface area contributed by atoms with Crippen molar-refractivity contribution in [3.63, 3.8) is 0 Å². The Hall–Kier alpha value is -0.900. The molecule has 0 aromatic carbocycles. The predicted octanol–water partition coefficient (Wildman–Crippen LogP) is 0.158. The van der Waals surface area contributed by atoms with Crippen LogP contribution in [0.15, 0.2) is 0 Å². The molecule has 0 radical (unpaired) electrons. The number of carbonyl (C=O) groups excluding carboxylic acids is 1. The number of carboxylic acid groups (broad SMARTS) is 1. The van der Waals surface area contributed by atoms with E-state index in [4.69, 9.17) is 10.8 Å². The summed E-state index contributed by atoms with van der Waals surface area (Å²) in [7, 11) is 0. The normalized spacial score (nSPS) is 15.5. The molecule has 0 bridgehead atoms. The van der Waals surface area contributed by atoms with Crippen LogP contribution in [0.25, 0.3) is 0 Å². The van der Waals surface area contributed by atoms with Crippen LogP contribution >= 0.6 is 0 Å². The molecule has 0 aliphatic heterocycles. The average molecular weight is 159 g/mol. The van der Waals surface area contributed by atoms with Crippen molar-refractivity contribution in [2.45, 2.75) is 32.2 Å². The van der Waals surface area contributed by atoms with E-state index < -0.39 is 11.5 Å². The molecular formula is C7H13NO3. The van der Waals surface area contributed by atoms with Crippen LogP contribution in [0.2, 0.25) is 0 Å². The van der Waals surface area contributed by atoms with E-state index in [9.17, 15) is 9.59 Å². The SMILES string of the molecule is CC(=O)CC(C)(N)CC(=O)O. The summed E-state index contributed by atoms with van der Waals surface area (Å²) in [6.45, 7) is 2.95. The Kier molecular flexibility index (Phi) is 3.19. The molecule has 0 spiro atoms. The van der Waals surface area contributed by atoms with Crippen LogP contribution in [0, 0.1) is 0 Å². The summed E-state index contributed by atoms with van der Waals surface area (Å²) in [5, 5.41) is 8.37. The first kappa shape index (κ1) is 10.1. The van der Waals surface area contributed by atoms with Gasteiger partial charge in [0.25, 0.3) is 0 Å². The number of Topliss-reactive ketones (excluding diaryl/α,β-unsaturated/α-hetero) is 1. The lowest BCUT2D eigenvalue weighted by atomic mass is 9.93. The van der Waals surface area contributed by atoms with Crippen LogP contribution in [0.3, 0.4) is 0 Å². The van der Waals surface area contributed by atoms with Gasteiger partial charge < -0.3 is 10.8 Å². The lowest BCUT2D eigenvalue weighted by Gasteiger charge is -2.20. The smallest absolute Gasteiger partial charge is 0.305 e. The summed E-state index contributed by atoms with van der Waals surface area (Å²) in [5.41, 5.74) is 4.61. The second-order valence-electron chi connectivity index (χ2n) is 3.10. The van der Waals surface area contributed by atoms with Crippen LogP contribution in [-0.2, 0) is 9.59 Å². The zero-order chi connectivity index (χ0) is 9.07. The molecule has 4 nitrogen and oxygen atoms in total. The minimum Gasteiger partial charge on any atom is -0.481 e. The standard InChI is InChI=1S/C7H13NO3/c1-5(9)3-7(2,8)4-6(10)11/h3-4,8H2,1-2H3,(H,10,11). The van der Waals surface area contributed by atoms with E-state index in [0.29, 0.717) is 0 Å². The summed E-state index contributed by atoms with van der Waals surface area (Å²) < 4.78 is 0. The highest BCUT2D eigenvalue weighted by atomic mass is 16.4. The first-order chi connectivity index (χ1) is 4.83. The van der Waals surface area contributed by atoms with Crippen molar-refractivity contribution < 1.29 is 14.7 Å². The van der Waals surface area contributed by atoms with Crippen LogP contribution in [-0.4, -0.2) is 22.4 Å². The third-order valence-electron chi connectivity index (χ3n) is 1.21. The average Bonchev–Trinajstić information content (AvgIpc) is 1.53. The van der Waals surface area contributed by atoms with Gasteiger partial charge in [-0.25, -0.2) is 0 Å². The second-order valence-corrected chi connectivity index (χ2v) is 3.10. The maximum absolute atomic E-state index is 10.6. The fraction of sp³-hybridized carbons (Fsp3) is 0.714. The highest BCUT2D eigenvalue weighted by Gasteiger charge is 2.23. The van der Waals surface area contributed by atoms with Crippen molar-refractivity contribution in [1.82, 2.24) is 0 Å². The molecule has 0 aromatic heterocycles. The number of carboxylic acids is 1. The molecule has 0 fully saturated rings. The van der Waals surface area contributed by atoms with Crippen LogP contribution in [0.1, 0.15) is 26.7 Å². The van der Waals surface area contributed by atoms with E-state index in [-0.39, 0.29) is 18.6 Å². The molecule has 0 amide bonds. The quantitative estimate of drug-likeness (QED) is 0.612. The van der Waals surface area contributed by atoms with E-state index in [1.165, 1.54) is 6.92 Å². The Labute approximate surface area is 65.4 Å². The summed E-state index contributed by atoms with van der Waals surface area (Å²) >= 11 is 0. The Morgan fingerprint density at radius 3 is 2.18 bits per heavy atom. The van der Waals surface area contributed by atoms with E-state index >= 15 is 0 Å². The van der Waals surface area contributed by atoms with Crippen LogP contribution in [0.5, 0.6) is 0 Å². The number of hydrogen-bond acceptors (Lipinski definition) is 3. The number of ketones is 1. The fourth-order valence-corrected chi connectivity index (χ4v) is 0.977. The van der Waals surface area contributed by atoms with Crippen molar-refractivity contribution >= 4 is 11.8 Å². The van der Waals surface area contributed by atoms with Gasteiger partial charge in [0.2, 0.25) is 0 Å². The molecule has 1 unspecified atom stereocenters. The van der Waals surface area contributed by atoms with Crippen molar-refractivity contribution in [2.24, 2.45) is 5.73 Å². The molecule has 0 saturated carbocycles. The maximum atomic E-state index is 10.6. The zero-order valence-electron chi connectivity index (χ0n) is 6.76. The summed E-state index contributed by atoms with van der Waals surface area (Å²) in [4.78, 5) is 20.8. The summed E-state index contributed by atoms with van der Waals surface area (Å²) in [6, 6.07) is 0. The van der Waals surface area contributed by atoms with Gasteiger partial charge in [0.05, 0.1) is 6.42 Å². The largest absolute Gasteiger partial charge is 0.481 e.